The Morgan fingerprint density at radius 1 is 1.32 bits per heavy atom. The number of ether oxygens (including phenoxy) is 1. The van der Waals surface area contributed by atoms with E-state index in [2.05, 4.69) is 5.32 Å². The van der Waals surface area contributed by atoms with E-state index in [0.717, 1.165) is 17.9 Å². The van der Waals surface area contributed by atoms with Crippen LogP contribution in [-0.2, 0) is 17.9 Å². The van der Waals surface area contributed by atoms with Crippen molar-refractivity contribution in [3.63, 3.8) is 0 Å². The number of methoxy groups -OCH3 is 1. The van der Waals surface area contributed by atoms with Crippen molar-refractivity contribution in [1.29, 1.82) is 0 Å². The van der Waals surface area contributed by atoms with Gasteiger partial charge in [0.25, 0.3) is 0 Å². The summed E-state index contributed by atoms with van der Waals surface area (Å²) in [6.45, 7) is 3.24. The minimum absolute atomic E-state index is 0.0458. The lowest BCUT2D eigenvalue weighted by atomic mass is 10.2. The lowest BCUT2D eigenvalue weighted by Crippen LogP contribution is -2.42. The lowest BCUT2D eigenvalue weighted by Gasteiger charge is -2.24. The van der Waals surface area contributed by atoms with E-state index in [-0.39, 0.29) is 11.9 Å². The van der Waals surface area contributed by atoms with Crippen LogP contribution in [0.1, 0.15) is 17.4 Å². The van der Waals surface area contributed by atoms with Crippen molar-refractivity contribution in [1.82, 2.24) is 10.2 Å². The van der Waals surface area contributed by atoms with Crippen molar-refractivity contribution in [2.75, 3.05) is 14.2 Å². The van der Waals surface area contributed by atoms with Crippen LogP contribution in [-0.4, -0.2) is 31.0 Å². The van der Waals surface area contributed by atoms with Gasteiger partial charge < -0.3 is 10.1 Å². The van der Waals surface area contributed by atoms with Gasteiger partial charge in [-0.3, -0.25) is 9.69 Å². The molecule has 0 saturated carbocycles. The number of nitrogens with zero attached hydrogens (tertiary/aromatic N) is 1. The zero-order valence-corrected chi connectivity index (χ0v) is 14.0. The van der Waals surface area contributed by atoms with Crippen LogP contribution in [0.25, 0.3) is 0 Å². The maximum Gasteiger partial charge on any atom is 0.237 e. The molecule has 1 N–H and O–H groups in total. The first-order valence-corrected chi connectivity index (χ1v) is 8.11. The molecule has 0 radical (unpaired) electrons. The Balaban J connectivity index is 1.84. The first kappa shape index (κ1) is 16.5. The molecule has 4 nitrogen and oxygen atoms in total. The number of amides is 1. The highest BCUT2D eigenvalue weighted by molar-refractivity contribution is 7.09. The van der Waals surface area contributed by atoms with Crippen LogP contribution < -0.4 is 10.1 Å². The van der Waals surface area contributed by atoms with E-state index in [4.69, 9.17) is 4.74 Å². The average molecular weight is 318 g/mol. The fourth-order valence-corrected chi connectivity index (χ4v) is 2.74. The fourth-order valence-electron chi connectivity index (χ4n) is 2.09. The van der Waals surface area contributed by atoms with Crippen molar-refractivity contribution in [3.05, 3.63) is 52.2 Å². The Kier molecular flexibility index (Phi) is 5.98. The van der Waals surface area contributed by atoms with Gasteiger partial charge in [0, 0.05) is 11.4 Å². The fraction of sp³-hybridized carbons (Fsp3) is 0.353. The third kappa shape index (κ3) is 4.58. The number of thiophene rings is 1. The van der Waals surface area contributed by atoms with Gasteiger partial charge in [-0.1, -0.05) is 18.2 Å². The van der Waals surface area contributed by atoms with Gasteiger partial charge in [-0.15, -0.1) is 11.3 Å². The minimum Gasteiger partial charge on any atom is -0.497 e. The molecule has 0 saturated heterocycles. The van der Waals surface area contributed by atoms with Crippen LogP contribution in [0.15, 0.2) is 41.8 Å². The zero-order valence-electron chi connectivity index (χ0n) is 13.2. The third-order valence-electron chi connectivity index (χ3n) is 3.65. The summed E-state index contributed by atoms with van der Waals surface area (Å²) in [6, 6.07) is 11.7. The molecule has 1 aromatic carbocycles. The predicted octanol–water partition coefficient (Wildman–Crippen LogP) is 2.89. The Bertz CT molecular complexity index is 581. The Labute approximate surface area is 135 Å². The third-order valence-corrected chi connectivity index (χ3v) is 4.52. The first-order valence-electron chi connectivity index (χ1n) is 7.23. The Morgan fingerprint density at radius 2 is 2.05 bits per heavy atom. The number of carbonyl (C=O) groups is 1. The molecule has 0 unspecified atom stereocenters. The maximum absolute atomic E-state index is 12.2. The molecule has 118 valence electrons. The summed E-state index contributed by atoms with van der Waals surface area (Å²) in [6.07, 6.45) is 0. The Hall–Kier alpha value is -1.85. The number of hydrogen-bond donors (Lipinski definition) is 1. The number of nitrogens with one attached hydrogen (secondary N) is 1. The topological polar surface area (TPSA) is 41.6 Å². The van der Waals surface area contributed by atoms with E-state index in [1.165, 1.54) is 4.88 Å². The van der Waals surface area contributed by atoms with E-state index < -0.39 is 0 Å². The average Bonchev–Trinajstić information content (AvgIpc) is 3.06. The molecule has 0 aliphatic carbocycles. The minimum atomic E-state index is -0.179. The van der Waals surface area contributed by atoms with E-state index in [9.17, 15) is 4.79 Å². The van der Waals surface area contributed by atoms with Crippen LogP contribution in [0.5, 0.6) is 5.75 Å². The van der Waals surface area contributed by atoms with E-state index in [1.54, 1.807) is 18.4 Å². The second-order valence-corrected chi connectivity index (χ2v) is 6.27. The molecule has 0 fully saturated rings. The van der Waals surface area contributed by atoms with Gasteiger partial charge in [0.2, 0.25) is 5.91 Å². The second kappa shape index (κ2) is 7.96. The molecule has 22 heavy (non-hydrogen) atoms. The molecule has 0 aliphatic rings. The molecule has 1 atom stereocenters. The number of hydrogen-bond acceptors (Lipinski definition) is 4. The zero-order chi connectivity index (χ0) is 15.9. The van der Waals surface area contributed by atoms with Gasteiger partial charge in [-0.2, -0.15) is 0 Å². The van der Waals surface area contributed by atoms with Crippen LogP contribution >= 0.6 is 11.3 Å². The normalized spacial score (nSPS) is 12.2. The van der Waals surface area contributed by atoms with Gasteiger partial charge >= 0.3 is 0 Å². The van der Waals surface area contributed by atoms with E-state index in [1.807, 2.05) is 60.6 Å². The Morgan fingerprint density at radius 3 is 2.64 bits per heavy atom. The SMILES string of the molecule is COc1ccc(CN(C)[C@@H](C)C(=O)NCc2cccs2)cc1. The largest absolute Gasteiger partial charge is 0.497 e. The smallest absolute Gasteiger partial charge is 0.237 e. The van der Waals surface area contributed by atoms with Gasteiger partial charge in [0.05, 0.1) is 19.7 Å². The molecule has 1 heterocycles. The summed E-state index contributed by atoms with van der Waals surface area (Å²) >= 11 is 1.65. The monoisotopic (exact) mass is 318 g/mol. The number of benzene rings is 1. The summed E-state index contributed by atoms with van der Waals surface area (Å²) in [4.78, 5) is 15.4. The summed E-state index contributed by atoms with van der Waals surface area (Å²) in [5.74, 6) is 0.887. The van der Waals surface area contributed by atoms with Gasteiger partial charge in [0.15, 0.2) is 0 Å². The standard InChI is InChI=1S/C17H22N2O2S/c1-13(17(20)18-11-16-5-4-10-22-16)19(2)12-14-6-8-15(21-3)9-7-14/h4-10,13H,11-12H2,1-3H3,(H,18,20)/t13-/m0/s1. The molecule has 0 bridgehead atoms. The van der Waals surface area contributed by atoms with Crippen molar-refractivity contribution in [2.45, 2.75) is 26.1 Å². The van der Waals surface area contributed by atoms with Gasteiger partial charge in [-0.25, -0.2) is 0 Å². The molecule has 5 heteroatoms. The lowest BCUT2D eigenvalue weighted by molar-refractivity contribution is -0.125. The van der Waals surface area contributed by atoms with Crippen LogP contribution in [0.4, 0.5) is 0 Å². The molecule has 2 rings (SSSR count). The van der Waals surface area contributed by atoms with Crippen LogP contribution in [0.3, 0.4) is 0 Å². The number of likely N-dealkylation sites (N-methyl/N-ethyl adjacent to an activating group) is 1. The first-order chi connectivity index (χ1) is 10.6. The molecule has 0 spiro atoms. The molecular formula is C17H22N2O2S. The summed E-state index contributed by atoms with van der Waals surface area (Å²) in [5.41, 5.74) is 1.15. The van der Waals surface area contributed by atoms with Crippen LogP contribution in [0.2, 0.25) is 0 Å². The molecule has 1 aromatic heterocycles. The summed E-state index contributed by atoms with van der Waals surface area (Å²) < 4.78 is 5.15. The highest BCUT2D eigenvalue weighted by Crippen LogP contribution is 2.14. The van der Waals surface area contributed by atoms with Crippen molar-refractivity contribution in [3.8, 4) is 5.75 Å². The molecule has 1 amide bonds. The van der Waals surface area contributed by atoms with Crippen molar-refractivity contribution < 1.29 is 9.53 Å². The van der Waals surface area contributed by atoms with Gasteiger partial charge in [0.1, 0.15) is 5.75 Å². The number of rotatable bonds is 7. The van der Waals surface area contributed by atoms with Crippen molar-refractivity contribution >= 4 is 17.2 Å². The van der Waals surface area contributed by atoms with Gasteiger partial charge in [-0.05, 0) is 43.1 Å². The summed E-state index contributed by atoms with van der Waals surface area (Å²) in [7, 11) is 3.61. The highest BCUT2D eigenvalue weighted by Gasteiger charge is 2.17. The van der Waals surface area contributed by atoms with E-state index >= 15 is 0 Å². The maximum atomic E-state index is 12.2. The second-order valence-electron chi connectivity index (χ2n) is 5.24. The highest BCUT2D eigenvalue weighted by atomic mass is 32.1. The molecular weight excluding hydrogens is 296 g/mol. The quantitative estimate of drug-likeness (QED) is 0.853. The predicted molar refractivity (Wildman–Crippen MR) is 90.1 cm³/mol. The number of carbonyl (C=O) groups excluding carboxylic acids is 1. The molecule has 2 aromatic rings. The molecule has 0 aliphatic heterocycles. The van der Waals surface area contributed by atoms with Crippen LogP contribution in [0, 0.1) is 0 Å². The van der Waals surface area contributed by atoms with E-state index in [0.29, 0.717) is 6.54 Å². The van der Waals surface area contributed by atoms with Crippen molar-refractivity contribution in [2.24, 2.45) is 0 Å². The summed E-state index contributed by atoms with van der Waals surface area (Å²) in [5, 5.41) is 4.99.